The summed E-state index contributed by atoms with van der Waals surface area (Å²) in [5.41, 5.74) is 1.67. The molecule has 13 heteroatoms. The van der Waals surface area contributed by atoms with Crippen LogP contribution in [0.25, 0.3) is 22.3 Å². The van der Waals surface area contributed by atoms with Gasteiger partial charge >= 0.3 is 5.97 Å². The number of aryl methyl sites for hydroxylation is 1. The van der Waals surface area contributed by atoms with Gasteiger partial charge in [-0.05, 0) is 48.4 Å². The molecule has 1 unspecified atom stereocenters. The summed E-state index contributed by atoms with van der Waals surface area (Å²) in [7, 11) is 3.16. The van der Waals surface area contributed by atoms with Gasteiger partial charge < -0.3 is 33.2 Å². The maximum atomic E-state index is 15.7. The van der Waals surface area contributed by atoms with Crippen molar-refractivity contribution in [2.45, 2.75) is 32.1 Å². The van der Waals surface area contributed by atoms with E-state index in [9.17, 15) is 14.7 Å². The van der Waals surface area contributed by atoms with Crippen LogP contribution in [0.2, 0.25) is 0 Å². The van der Waals surface area contributed by atoms with Crippen LogP contribution in [-0.4, -0.2) is 63.2 Å². The van der Waals surface area contributed by atoms with Crippen molar-refractivity contribution in [1.82, 2.24) is 19.1 Å². The number of imidazole rings is 1. The van der Waals surface area contributed by atoms with Crippen molar-refractivity contribution in [1.29, 1.82) is 0 Å². The Morgan fingerprint density at radius 1 is 1.06 bits per heavy atom. The van der Waals surface area contributed by atoms with E-state index < -0.39 is 17.6 Å². The molecule has 3 aromatic heterocycles. The quantitative estimate of drug-likeness (QED) is 0.180. The van der Waals surface area contributed by atoms with E-state index in [0.29, 0.717) is 30.0 Å². The zero-order valence-corrected chi connectivity index (χ0v) is 25.7. The SMILES string of the molecule is COCCOc1cc(C(=O)O)cc2c1nc(Cc1cc(F)c(-c3cccc(OCc4ccc(=O)n(C)c4)n3)cc1F)n2CC1CCO1. The van der Waals surface area contributed by atoms with E-state index in [0.717, 1.165) is 24.1 Å². The highest BCUT2D eigenvalue weighted by Crippen LogP contribution is 2.32. The number of aromatic nitrogens is 4. The molecule has 0 spiro atoms. The first kappa shape index (κ1) is 31.8. The summed E-state index contributed by atoms with van der Waals surface area (Å²) in [5.74, 6) is -1.65. The summed E-state index contributed by atoms with van der Waals surface area (Å²) in [6, 6.07) is 13.0. The number of carboxylic acids is 1. The molecule has 1 N–H and O–H groups in total. The Balaban J connectivity index is 1.30. The Kier molecular flexibility index (Phi) is 9.27. The molecule has 0 saturated carbocycles. The highest BCUT2D eigenvalue weighted by Gasteiger charge is 2.25. The number of pyridine rings is 2. The van der Waals surface area contributed by atoms with Crippen LogP contribution in [0.3, 0.4) is 0 Å². The zero-order chi connectivity index (χ0) is 33.1. The van der Waals surface area contributed by atoms with Crippen LogP contribution in [0.4, 0.5) is 8.78 Å². The minimum Gasteiger partial charge on any atom is -0.489 e. The van der Waals surface area contributed by atoms with Gasteiger partial charge in [0, 0.05) is 56.6 Å². The van der Waals surface area contributed by atoms with Crippen molar-refractivity contribution in [3.05, 3.63) is 105 Å². The van der Waals surface area contributed by atoms with Gasteiger partial charge in [0.15, 0.2) is 0 Å². The molecule has 1 aliphatic heterocycles. The first-order valence-corrected chi connectivity index (χ1v) is 14.9. The second-order valence-electron chi connectivity index (χ2n) is 11.1. The van der Waals surface area contributed by atoms with Gasteiger partial charge in [0.05, 0.1) is 36.0 Å². The number of fused-ring (bicyclic) bond motifs is 1. The van der Waals surface area contributed by atoms with Crippen LogP contribution in [0.5, 0.6) is 11.6 Å². The third-order valence-corrected chi connectivity index (χ3v) is 7.89. The molecule has 47 heavy (non-hydrogen) atoms. The van der Waals surface area contributed by atoms with E-state index in [1.54, 1.807) is 42.1 Å². The van der Waals surface area contributed by atoms with Crippen LogP contribution in [-0.2, 0) is 36.1 Å². The Morgan fingerprint density at radius 2 is 1.89 bits per heavy atom. The second-order valence-corrected chi connectivity index (χ2v) is 11.1. The maximum absolute atomic E-state index is 15.7. The summed E-state index contributed by atoms with van der Waals surface area (Å²) in [6.45, 7) is 1.52. The molecule has 5 aromatic rings. The van der Waals surface area contributed by atoms with Crippen LogP contribution < -0.4 is 15.0 Å². The fourth-order valence-corrected chi connectivity index (χ4v) is 5.31. The van der Waals surface area contributed by atoms with Crippen molar-refractivity contribution < 1.29 is 37.6 Å². The second kappa shape index (κ2) is 13.7. The topological polar surface area (TPSA) is 127 Å². The van der Waals surface area contributed by atoms with Gasteiger partial charge in [0.2, 0.25) is 11.4 Å². The highest BCUT2D eigenvalue weighted by molar-refractivity contribution is 5.95. The third kappa shape index (κ3) is 7.00. The van der Waals surface area contributed by atoms with E-state index in [2.05, 4.69) is 4.98 Å². The summed E-state index contributed by atoms with van der Waals surface area (Å²) in [6.07, 6.45) is 2.23. The van der Waals surface area contributed by atoms with Gasteiger partial charge in [-0.2, -0.15) is 0 Å². The van der Waals surface area contributed by atoms with Crippen molar-refractivity contribution >= 4 is 17.0 Å². The molecule has 0 radical (unpaired) electrons. The number of halogens is 2. The number of aromatic carboxylic acids is 1. The number of methoxy groups -OCH3 is 1. The first-order chi connectivity index (χ1) is 22.7. The van der Waals surface area contributed by atoms with Gasteiger partial charge in [0.1, 0.15) is 41.9 Å². The fraction of sp³-hybridized carbons (Fsp3) is 0.294. The average molecular weight is 647 g/mol. The van der Waals surface area contributed by atoms with Gasteiger partial charge in [-0.1, -0.05) is 6.07 Å². The lowest BCUT2D eigenvalue weighted by Gasteiger charge is -2.27. The normalized spacial score (nSPS) is 14.3. The van der Waals surface area contributed by atoms with Crippen LogP contribution >= 0.6 is 0 Å². The highest BCUT2D eigenvalue weighted by atomic mass is 19.1. The lowest BCUT2D eigenvalue weighted by molar-refractivity contribution is -0.0589. The van der Waals surface area contributed by atoms with Crippen molar-refractivity contribution in [2.75, 3.05) is 26.9 Å². The van der Waals surface area contributed by atoms with E-state index in [-0.39, 0.29) is 71.9 Å². The number of hydrogen-bond donors (Lipinski definition) is 1. The molecule has 4 heterocycles. The van der Waals surface area contributed by atoms with Gasteiger partial charge in [-0.15, -0.1) is 0 Å². The number of nitrogens with zero attached hydrogens (tertiary/aromatic N) is 4. The maximum Gasteiger partial charge on any atom is 0.335 e. The lowest BCUT2D eigenvalue weighted by Crippen LogP contribution is -2.31. The van der Waals surface area contributed by atoms with Gasteiger partial charge in [-0.3, -0.25) is 4.79 Å². The summed E-state index contributed by atoms with van der Waals surface area (Å²) in [5, 5.41) is 9.77. The molecule has 6 rings (SSSR count). The minimum absolute atomic E-state index is 0.00167. The van der Waals surface area contributed by atoms with Crippen molar-refractivity contribution in [3.63, 3.8) is 0 Å². The third-order valence-electron chi connectivity index (χ3n) is 7.89. The lowest BCUT2D eigenvalue weighted by atomic mass is 10.0. The van der Waals surface area contributed by atoms with Crippen molar-refractivity contribution in [3.8, 4) is 22.9 Å². The molecule has 0 aliphatic carbocycles. The molecule has 1 fully saturated rings. The van der Waals surface area contributed by atoms with E-state index in [1.165, 1.54) is 29.9 Å². The average Bonchev–Trinajstić information content (AvgIpc) is 3.38. The molecule has 1 aliphatic rings. The minimum atomic E-state index is -1.14. The predicted octanol–water partition coefficient (Wildman–Crippen LogP) is 4.76. The Bertz CT molecular complexity index is 2010. The predicted molar refractivity (Wildman–Crippen MR) is 167 cm³/mol. The zero-order valence-electron chi connectivity index (χ0n) is 25.7. The molecule has 244 valence electrons. The summed E-state index contributed by atoms with van der Waals surface area (Å²) in [4.78, 5) is 32.7. The van der Waals surface area contributed by atoms with E-state index in [4.69, 9.17) is 23.9 Å². The molecular formula is C34H32F2N4O7. The first-order valence-electron chi connectivity index (χ1n) is 14.9. The molecule has 1 saturated heterocycles. The van der Waals surface area contributed by atoms with Gasteiger partial charge in [-0.25, -0.2) is 23.5 Å². The fourth-order valence-electron chi connectivity index (χ4n) is 5.31. The van der Waals surface area contributed by atoms with Gasteiger partial charge in [0.25, 0.3) is 0 Å². The number of ether oxygens (including phenoxy) is 4. The van der Waals surface area contributed by atoms with Crippen LogP contribution in [0.15, 0.2) is 65.6 Å². The Morgan fingerprint density at radius 3 is 2.62 bits per heavy atom. The smallest absolute Gasteiger partial charge is 0.335 e. The summed E-state index contributed by atoms with van der Waals surface area (Å²) >= 11 is 0. The standard InChI is InChI=1S/C34H32F2N4O7/c1-39-17-20(6-7-32(39)41)19-47-31-5-3-4-27(37-31)24-16-25(35)21(12-26(24)36)15-30-38-33-28(40(30)18-23-8-9-45-23)13-22(34(42)43)14-29(33)46-11-10-44-2/h3-7,12-14,16-17,23H,8-11,15,18-19H2,1-2H3,(H,42,43). The largest absolute Gasteiger partial charge is 0.489 e. The van der Waals surface area contributed by atoms with Crippen molar-refractivity contribution in [2.24, 2.45) is 7.05 Å². The van der Waals surface area contributed by atoms with E-state index in [1.807, 2.05) is 0 Å². The Hall–Kier alpha value is -5.14. The number of rotatable bonds is 13. The number of carbonyl (C=O) groups is 1. The van der Waals surface area contributed by atoms with E-state index >= 15 is 8.78 Å². The number of hydrogen-bond acceptors (Lipinski definition) is 8. The van der Waals surface area contributed by atoms with Crippen LogP contribution in [0.1, 0.15) is 33.7 Å². The summed E-state index contributed by atoms with van der Waals surface area (Å²) < 4.78 is 56.8. The molecule has 2 aromatic carbocycles. The molecule has 11 nitrogen and oxygen atoms in total. The number of benzene rings is 2. The monoisotopic (exact) mass is 646 g/mol. The molecule has 0 amide bonds. The molecule has 1 atom stereocenters. The Labute approximate surface area is 267 Å². The van der Waals surface area contributed by atoms with Crippen LogP contribution in [0, 0.1) is 11.6 Å². The molecular weight excluding hydrogens is 614 g/mol. The molecule has 0 bridgehead atoms. The number of carboxylic acid groups (broad SMARTS) is 1.